The van der Waals surface area contributed by atoms with E-state index in [1.54, 1.807) is 6.92 Å². The fourth-order valence-corrected chi connectivity index (χ4v) is 1.64. The molecule has 0 bridgehead atoms. The predicted octanol–water partition coefficient (Wildman–Crippen LogP) is 0.251. The van der Waals surface area contributed by atoms with E-state index >= 15 is 0 Å². The molecule has 1 unspecified atom stereocenters. The number of carbonyl (C=O) groups is 1. The van der Waals surface area contributed by atoms with Crippen LogP contribution in [-0.4, -0.2) is 54.2 Å². The first-order valence-corrected chi connectivity index (χ1v) is 4.89. The molecule has 1 aliphatic rings. The van der Waals surface area contributed by atoms with E-state index < -0.39 is 31.1 Å². The monoisotopic (exact) mass is 223 g/mol. The molecule has 0 aliphatic carbocycles. The van der Waals surface area contributed by atoms with Crippen LogP contribution in [0.4, 0.5) is 8.78 Å². The van der Waals surface area contributed by atoms with Crippen LogP contribution in [0.2, 0.25) is 0 Å². The van der Waals surface area contributed by atoms with E-state index in [0.29, 0.717) is 0 Å². The number of hydrogen-bond donors (Lipinski definition) is 1. The molecule has 0 radical (unpaired) electrons. The summed E-state index contributed by atoms with van der Waals surface area (Å²) in [6.07, 6.45) is -1.02. The summed E-state index contributed by atoms with van der Waals surface area (Å²) in [4.78, 5) is 12.0. The number of aliphatic hydroxyl groups excluding tert-OH is 1. The first-order valence-electron chi connectivity index (χ1n) is 4.89. The number of nitrogens with zero attached hydrogens (tertiary/aromatic N) is 1. The lowest BCUT2D eigenvalue weighted by atomic mass is 10.0. The predicted molar refractivity (Wildman–Crippen MR) is 48.6 cm³/mol. The van der Waals surface area contributed by atoms with Gasteiger partial charge in [0.15, 0.2) is 0 Å². The van der Waals surface area contributed by atoms with Crippen LogP contribution in [0.1, 0.15) is 13.3 Å². The molecule has 88 valence electrons. The number of halogens is 2. The third kappa shape index (κ3) is 2.85. The van der Waals surface area contributed by atoms with Crippen molar-refractivity contribution >= 4 is 5.91 Å². The number of carbonyl (C=O) groups excluding carboxylic acids is 1. The third-order valence-electron chi connectivity index (χ3n) is 2.39. The lowest BCUT2D eigenvalue weighted by Crippen LogP contribution is -2.54. The minimum absolute atomic E-state index is 0.104. The maximum atomic E-state index is 13.4. The highest BCUT2D eigenvalue weighted by atomic mass is 19.3. The number of likely N-dealkylation sites (tertiary alicyclic amines) is 1. The molecule has 0 aromatic carbocycles. The van der Waals surface area contributed by atoms with Crippen LogP contribution < -0.4 is 0 Å². The first-order chi connectivity index (χ1) is 7.01. The number of alkyl halides is 2. The second-order valence-corrected chi connectivity index (χ2v) is 3.47. The zero-order valence-electron chi connectivity index (χ0n) is 8.58. The number of aliphatic hydroxyl groups is 1. The number of ether oxygens (including phenoxy) is 1. The molecule has 1 atom stereocenters. The number of amides is 1. The lowest BCUT2D eigenvalue weighted by molar-refractivity contribution is -0.179. The van der Waals surface area contributed by atoms with Crippen LogP contribution >= 0.6 is 0 Å². The Labute approximate surface area is 86.8 Å². The van der Waals surface area contributed by atoms with E-state index in [9.17, 15) is 13.6 Å². The summed E-state index contributed by atoms with van der Waals surface area (Å²) in [6.45, 7) is 0.696. The third-order valence-corrected chi connectivity index (χ3v) is 2.39. The van der Waals surface area contributed by atoms with Crippen molar-refractivity contribution in [3.05, 3.63) is 0 Å². The Morgan fingerprint density at radius 2 is 2.33 bits per heavy atom. The molecule has 0 spiro atoms. The van der Waals surface area contributed by atoms with Gasteiger partial charge in [0.1, 0.15) is 12.7 Å². The lowest BCUT2D eigenvalue weighted by Gasteiger charge is -2.37. The molecule has 4 nitrogen and oxygen atoms in total. The molecule has 6 heteroatoms. The van der Waals surface area contributed by atoms with Gasteiger partial charge in [0, 0.05) is 13.2 Å². The zero-order chi connectivity index (χ0) is 11.5. The number of piperidine rings is 1. The smallest absolute Gasteiger partial charge is 0.290 e. The van der Waals surface area contributed by atoms with Crippen molar-refractivity contribution in [2.75, 3.05) is 26.3 Å². The van der Waals surface area contributed by atoms with Crippen molar-refractivity contribution in [1.29, 1.82) is 0 Å². The number of rotatable bonds is 3. The fourth-order valence-electron chi connectivity index (χ4n) is 1.64. The Morgan fingerprint density at radius 3 is 2.80 bits per heavy atom. The summed E-state index contributed by atoms with van der Waals surface area (Å²) >= 11 is 0. The van der Waals surface area contributed by atoms with Gasteiger partial charge in [-0.3, -0.25) is 4.79 Å². The molecule has 1 saturated heterocycles. The van der Waals surface area contributed by atoms with Crippen LogP contribution in [0, 0.1) is 0 Å². The fraction of sp³-hybridized carbons (Fsp3) is 0.889. The summed E-state index contributed by atoms with van der Waals surface area (Å²) in [7, 11) is 0. The molecule has 1 aliphatic heterocycles. The standard InChI is InChI=1S/C9H15F2NO3/c1-2-15-7-3-4-12(8(14)5-13)6-9(7,10)11/h7,13H,2-6H2,1H3. The second kappa shape index (κ2) is 4.85. The molecule has 1 rings (SSSR count). The molecule has 15 heavy (non-hydrogen) atoms. The average Bonchev–Trinajstić information content (AvgIpc) is 2.19. The largest absolute Gasteiger partial charge is 0.387 e. The van der Waals surface area contributed by atoms with Crippen molar-refractivity contribution in [3.8, 4) is 0 Å². The summed E-state index contributed by atoms with van der Waals surface area (Å²) in [5.74, 6) is -3.69. The molecular formula is C9H15F2NO3. The van der Waals surface area contributed by atoms with Crippen LogP contribution in [0.5, 0.6) is 0 Å². The Kier molecular flexibility index (Phi) is 3.98. The summed E-state index contributed by atoms with van der Waals surface area (Å²) in [6, 6.07) is 0. The van der Waals surface area contributed by atoms with E-state index in [1.165, 1.54) is 0 Å². The van der Waals surface area contributed by atoms with Crippen molar-refractivity contribution < 1.29 is 23.4 Å². The van der Waals surface area contributed by atoms with E-state index in [1.807, 2.05) is 0 Å². The van der Waals surface area contributed by atoms with Gasteiger partial charge in [-0.1, -0.05) is 0 Å². The summed E-state index contributed by atoms with van der Waals surface area (Å²) in [5.41, 5.74) is 0. The molecule has 0 saturated carbocycles. The number of hydrogen-bond acceptors (Lipinski definition) is 3. The van der Waals surface area contributed by atoms with Gasteiger partial charge in [-0.15, -0.1) is 0 Å². The Morgan fingerprint density at radius 1 is 1.67 bits per heavy atom. The van der Waals surface area contributed by atoms with Crippen LogP contribution in [-0.2, 0) is 9.53 Å². The minimum atomic E-state index is -3.03. The van der Waals surface area contributed by atoms with Gasteiger partial charge in [-0.05, 0) is 13.3 Å². The van der Waals surface area contributed by atoms with Gasteiger partial charge in [-0.25, -0.2) is 8.78 Å². The van der Waals surface area contributed by atoms with Crippen molar-refractivity contribution in [1.82, 2.24) is 4.90 Å². The van der Waals surface area contributed by atoms with E-state index in [-0.39, 0.29) is 19.6 Å². The van der Waals surface area contributed by atoms with Crippen molar-refractivity contribution in [3.63, 3.8) is 0 Å². The maximum absolute atomic E-state index is 13.4. The maximum Gasteiger partial charge on any atom is 0.290 e. The van der Waals surface area contributed by atoms with Gasteiger partial charge >= 0.3 is 0 Å². The van der Waals surface area contributed by atoms with Gasteiger partial charge in [0.25, 0.3) is 5.92 Å². The topological polar surface area (TPSA) is 49.8 Å². The summed E-state index contributed by atoms with van der Waals surface area (Å²) < 4.78 is 31.7. The molecule has 1 amide bonds. The molecule has 1 fully saturated rings. The quantitative estimate of drug-likeness (QED) is 0.746. The molecule has 0 aromatic rings. The molecule has 1 N–H and O–H groups in total. The normalized spacial score (nSPS) is 25.3. The Bertz CT molecular complexity index is 235. The first kappa shape index (κ1) is 12.3. The second-order valence-electron chi connectivity index (χ2n) is 3.47. The molecular weight excluding hydrogens is 208 g/mol. The van der Waals surface area contributed by atoms with E-state index in [2.05, 4.69) is 0 Å². The highest BCUT2D eigenvalue weighted by molar-refractivity contribution is 5.77. The van der Waals surface area contributed by atoms with Crippen LogP contribution in [0.15, 0.2) is 0 Å². The Balaban J connectivity index is 2.59. The zero-order valence-corrected chi connectivity index (χ0v) is 8.58. The molecule has 0 aromatic heterocycles. The SMILES string of the molecule is CCOC1CCN(C(=O)CO)CC1(F)F. The van der Waals surface area contributed by atoms with E-state index in [0.717, 1.165) is 4.90 Å². The van der Waals surface area contributed by atoms with Crippen molar-refractivity contribution in [2.24, 2.45) is 0 Å². The molecule has 1 heterocycles. The van der Waals surface area contributed by atoms with Gasteiger partial charge < -0.3 is 14.7 Å². The van der Waals surface area contributed by atoms with Crippen molar-refractivity contribution in [2.45, 2.75) is 25.4 Å². The minimum Gasteiger partial charge on any atom is -0.387 e. The average molecular weight is 223 g/mol. The summed E-state index contributed by atoms with van der Waals surface area (Å²) in [5, 5.41) is 8.56. The Hall–Kier alpha value is -0.750. The van der Waals surface area contributed by atoms with Gasteiger partial charge in [0.2, 0.25) is 5.91 Å². The van der Waals surface area contributed by atoms with Gasteiger partial charge in [0.05, 0.1) is 6.54 Å². The highest BCUT2D eigenvalue weighted by Gasteiger charge is 2.46. The highest BCUT2D eigenvalue weighted by Crippen LogP contribution is 2.29. The van der Waals surface area contributed by atoms with Gasteiger partial charge in [-0.2, -0.15) is 0 Å². The van der Waals surface area contributed by atoms with Crippen LogP contribution in [0.25, 0.3) is 0 Å². The van der Waals surface area contributed by atoms with Crippen LogP contribution in [0.3, 0.4) is 0 Å². The van der Waals surface area contributed by atoms with E-state index in [4.69, 9.17) is 9.84 Å².